The van der Waals surface area contributed by atoms with Gasteiger partial charge in [0.25, 0.3) is 0 Å². The summed E-state index contributed by atoms with van der Waals surface area (Å²) < 4.78 is 43.1. The Morgan fingerprint density at radius 1 is 1.11 bits per heavy atom. The van der Waals surface area contributed by atoms with Gasteiger partial charge in [0.1, 0.15) is 35.4 Å². The van der Waals surface area contributed by atoms with Crippen molar-refractivity contribution in [2.45, 2.75) is 57.3 Å². The summed E-state index contributed by atoms with van der Waals surface area (Å²) in [5.74, 6) is 2.56. The van der Waals surface area contributed by atoms with Gasteiger partial charge in [0.2, 0.25) is 0 Å². The number of carbonyl (C=O) groups is 1. The Balaban J connectivity index is 1.28. The lowest BCUT2D eigenvalue weighted by Gasteiger charge is -2.36. The Morgan fingerprint density at radius 3 is 2.62 bits per heavy atom. The second-order valence-electron chi connectivity index (χ2n) is 13.7. The van der Waals surface area contributed by atoms with Gasteiger partial charge in [-0.2, -0.15) is 9.97 Å². The SMILES string of the molecule is C#Cc1cccc2cccc(-c3ncc4c(N5CCN(C(=O)OC(C)(C)C)CC5)nc(OC[C@@]56CCCN5C[C@H](F)C6)nc4c3F)c12. The van der Waals surface area contributed by atoms with Crippen molar-refractivity contribution < 1.29 is 23.0 Å². The molecule has 4 aromatic rings. The van der Waals surface area contributed by atoms with E-state index in [4.69, 9.17) is 20.9 Å². The van der Waals surface area contributed by atoms with Crippen molar-refractivity contribution in [3.63, 3.8) is 0 Å². The average Bonchev–Trinajstić information content (AvgIpc) is 3.58. The first-order valence-electron chi connectivity index (χ1n) is 16.1. The molecule has 2 aromatic heterocycles. The van der Waals surface area contributed by atoms with E-state index in [0.29, 0.717) is 61.5 Å². The van der Waals surface area contributed by atoms with Crippen LogP contribution in [0.2, 0.25) is 0 Å². The number of pyridine rings is 1. The normalized spacial score (nSPS) is 21.7. The highest BCUT2D eigenvalue weighted by Gasteiger charge is 2.49. The number of anilines is 1. The molecule has 0 unspecified atom stereocenters. The minimum absolute atomic E-state index is 0.0175. The van der Waals surface area contributed by atoms with Crippen molar-refractivity contribution in [3.8, 4) is 29.6 Å². The van der Waals surface area contributed by atoms with E-state index in [-0.39, 0.29) is 29.9 Å². The quantitative estimate of drug-likeness (QED) is 0.247. The van der Waals surface area contributed by atoms with Gasteiger partial charge < -0.3 is 19.3 Å². The van der Waals surface area contributed by atoms with Gasteiger partial charge in [0.05, 0.1) is 10.9 Å². The van der Waals surface area contributed by atoms with E-state index in [1.807, 2.05) is 56.0 Å². The van der Waals surface area contributed by atoms with E-state index >= 15 is 4.39 Å². The van der Waals surface area contributed by atoms with Gasteiger partial charge in [0, 0.05) is 61.9 Å². The Hall–Kier alpha value is -4.56. The number of carbonyl (C=O) groups excluding carboxylic acids is 1. The van der Waals surface area contributed by atoms with Crippen LogP contribution in [0.5, 0.6) is 6.01 Å². The molecule has 3 aliphatic heterocycles. The fourth-order valence-corrected chi connectivity index (χ4v) is 7.25. The van der Waals surface area contributed by atoms with Crippen molar-refractivity contribution in [2.75, 3.05) is 50.8 Å². The van der Waals surface area contributed by atoms with Crippen LogP contribution in [0, 0.1) is 18.2 Å². The first-order chi connectivity index (χ1) is 22.5. The molecule has 0 saturated carbocycles. The lowest BCUT2D eigenvalue weighted by molar-refractivity contribution is 0.0240. The summed E-state index contributed by atoms with van der Waals surface area (Å²) in [6, 6.07) is 11.2. The number of hydrogen-bond donors (Lipinski definition) is 0. The van der Waals surface area contributed by atoms with Crippen LogP contribution < -0.4 is 9.64 Å². The molecule has 3 aliphatic rings. The van der Waals surface area contributed by atoms with Crippen LogP contribution in [-0.4, -0.2) is 94.0 Å². The first-order valence-corrected chi connectivity index (χ1v) is 16.1. The number of benzene rings is 2. The molecule has 0 N–H and O–H groups in total. The van der Waals surface area contributed by atoms with Crippen LogP contribution in [0.15, 0.2) is 42.6 Å². The van der Waals surface area contributed by atoms with E-state index in [0.717, 1.165) is 30.2 Å². The molecule has 7 rings (SSSR count). The van der Waals surface area contributed by atoms with Gasteiger partial charge in [-0.25, -0.2) is 13.6 Å². The number of ether oxygens (including phenoxy) is 2. The van der Waals surface area contributed by atoms with E-state index < -0.39 is 23.1 Å². The maximum atomic E-state index is 16.8. The Morgan fingerprint density at radius 2 is 1.87 bits per heavy atom. The summed E-state index contributed by atoms with van der Waals surface area (Å²) in [6.07, 6.45) is 8.32. The number of halogens is 2. The molecule has 11 heteroatoms. The number of amides is 1. The average molecular weight is 641 g/mol. The monoisotopic (exact) mass is 640 g/mol. The van der Waals surface area contributed by atoms with Crippen LogP contribution in [0.1, 0.15) is 45.6 Å². The van der Waals surface area contributed by atoms with Crippen molar-refractivity contribution in [1.82, 2.24) is 24.8 Å². The third-order valence-electron chi connectivity index (χ3n) is 9.42. The van der Waals surface area contributed by atoms with E-state index in [2.05, 4.69) is 20.8 Å². The molecule has 3 saturated heterocycles. The molecule has 5 heterocycles. The molecule has 244 valence electrons. The summed E-state index contributed by atoms with van der Waals surface area (Å²) in [5, 5.41) is 2.03. The maximum Gasteiger partial charge on any atom is 0.410 e. The highest BCUT2D eigenvalue weighted by molar-refractivity contribution is 6.02. The third-order valence-corrected chi connectivity index (χ3v) is 9.42. The predicted molar refractivity (Wildman–Crippen MR) is 177 cm³/mol. The summed E-state index contributed by atoms with van der Waals surface area (Å²) in [6.45, 7) is 8.58. The van der Waals surface area contributed by atoms with E-state index in [9.17, 15) is 9.18 Å². The van der Waals surface area contributed by atoms with Gasteiger partial charge in [-0.05, 0) is 51.6 Å². The zero-order valence-electron chi connectivity index (χ0n) is 26.9. The van der Waals surface area contributed by atoms with Crippen molar-refractivity contribution in [2.24, 2.45) is 0 Å². The number of hydrogen-bond acceptors (Lipinski definition) is 8. The minimum atomic E-state index is -0.909. The topological polar surface area (TPSA) is 83.9 Å². The molecule has 2 aromatic carbocycles. The summed E-state index contributed by atoms with van der Waals surface area (Å²) in [7, 11) is 0. The van der Waals surface area contributed by atoms with Gasteiger partial charge in [-0.15, -0.1) is 6.42 Å². The highest BCUT2D eigenvalue weighted by Crippen LogP contribution is 2.41. The summed E-state index contributed by atoms with van der Waals surface area (Å²) in [5.41, 5.74) is 0.351. The number of fused-ring (bicyclic) bond motifs is 3. The number of nitrogens with zero attached hydrogens (tertiary/aromatic N) is 6. The molecule has 0 aliphatic carbocycles. The third kappa shape index (κ3) is 5.80. The summed E-state index contributed by atoms with van der Waals surface area (Å²) >= 11 is 0. The Kier molecular flexibility index (Phi) is 7.87. The lowest BCUT2D eigenvalue weighted by Crippen LogP contribution is -2.50. The second-order valence-corrected chi connectivity index (χ2v) is 13.7. The highest BCUT2D eigenvalue weighted by atomic mass is 19.1. The number of alkyl halides is 1. The molecule has 0 bridgehead atoms. The van der Waals surface area contributed by atoms with Crippen LogP contribution >= 0.6 is 0 Å². The van der Waals surface area contributed by atoms with Crippen molar-refractivity contribution in [1.29, 1.82) is 0 Å². The van der Waals surface area contributed by atoms with Crippen molar-refractivity contribution in [3.05, 3.63) is 54.0 Å². The number of piperazine rings is 1. The zero-order valence-corrected chi connectivity index (χ0v) is 26.9. The molecule has 3 fully saturated rings. The minimum Gasteiger partial charge on any atom is -0.461 e. The number of terminal acetylenes is 1. The predicted octanol–water partition coefficient (Wildman–Crippen LogP) is 5.98. The fourth-order valence-electron chi connectivity index (χ4n) is 7.25. The largest absolute Gasteiger partial charge is 0.461 e. The van der Waals surface area contributed by atoms with Gasteiger partial charge in [0.15, 0.2) is 5.82 Å². The molecule has 1 amide bonds. The smallest absolute Gasteiger partial charge is 0.410 e. The van der Waals surface area contributed by atoms with E-state index in [1.165, 1.54) is 0 Å². The van der Waals surface area contributed by atoms with Crippen LogP contribution in [0.3, 0.4) is 0 Å². The molecule has 9 nitrogen and oxygen atoms in total. The standard InChI is InChI=1S/C36H38F2N6O3/c1-5-23-9-6-10-24-11-7-12-26(28(23)24)30-29(38)31-27(20-39-30)32(42-15-17-43(18-16-42)34(45)47-35(2,3)4)41-33(40-31)46-22-36-13-8-14-44(36)21-25(37)19-36/h1,6-7,9-12,20,25H,8,13-19,21-22H2,2-4H3/t25-,36+/m1/s1. The first kappa shape index (κ1) is 31.1. The van der Waals surface area contributed by atoms with Crippen LogP contribution in [0.25, 0.3) is 32.9 Å². The fraction of sp³-hybridized carbons (Fsp3) is 0.444. The lowest BCUT2D eigenvalue weighted by atomic mass is 9.95. The van der Waals surface area contributed by atoms with E-state index in [1.54, 1.807) is 17.2 Å². The molecule has 2 atom stereocenters. The Labute approximate surface area is 272 Å². The van der Waals surface area contributed by atoms with Crippen molar-refractivity contribution >= 4 is 33.6 Å². The molecule has 0 spiro atoms. The zero-order chi connectivity index (χ0) is 32.9. The van der Waals surface area contributed by atoms with Crippen LogP contribution in [-0.2, 0) is 4.74 Å². The number of aromatic nitrogens is 3. The summed E-state index contributed by atoms with van der Waals surface area (Å²) in [4.78, 5) is 32.5. The molecule has 47 heavy (non-hydrogen) atoms. The molecular formula is C36H38F2N6O3. The maximum absolute atomic E-state index is 16.8. The van der Waals surface area contributed by atoms with Crippen LogP contribution in [0.4, 0.5) is 19.4 Å². The second kappa shape index (κ2) is 11.9. The van der Waals surface area contributed by atoms with Gasteiger partial charge in [-0.1, -0.05) is 36.3 Å². The van der Waals surface area contributed by atoms with Gasteiger partial charge >= 0.3 is 12.1 Å². The van der Waals surface area contributed by atoms with Gasteiger partial charge in [-0.3, -0.25) is 9.88 Å². The molecule has 0 radical (unpaired) electrons. The Bertz CT molecular complexity index is 1890. The molecular weight excluding hydrogens is 602 g/mol. The number of rotatable bonds is 5.